The summed E-state index contributed by atoms with van der Waals surface area (Å²) >= 11 is 0. The summed E-state index contributed by atoms with van der Waals surface area (Å²) in [5.74, 6) is -0.230. The van der Waals surface area contributed by atoms with Gasteiger partial charge in [0.2, 0.25) is 0 Å². The lowest BCUT2D eigenvalue weighted by Crippen LogP contribution is -2.06. The molecule has 0 N–H and O–H groups in total. The van der Waals surface area contributed by atoms with Crippen LogP contribution < -0.4 is 4.74 Å². The van der Waals surface area contributed by atoms with E-state index in [0.29, 0.717) is 30.9 Å². The number of carbonyl (C=O) groups is 1. The first kappa shape index (κ1) is 21.6. The van der Waals surface area contributed by atoms with Crippen molar-refractivity contribution in [3.8, 4) is 16.9 Å². The molecule has 3 aromatic rings. The van der Waals surface area contributed by atoms with Gasteiger partial charge < -0.3 is 9.47 Å². The zero-order chi connectivity index (χ0) is 21.5. The van der Waals surface area contributed by atoms with Gasteiger partial charge in [-0.2, -0.15) is 0 Å². The first-order chi connectivity index (χ1) is 14.5. The Balaban J connectivity index is 1.66. The highest BCUT2D eigenvalue weighted by Crippen LogP contribution is 2.28. The molecule has 0 spiro atoms. The molecular formula is C26H27FO3. The minimum atomic E-state index is -0.374. The Hall–Kier alpha value is -3.14. The number of rotatable bonds is 8. The third-order valence-corrected chi connectivity index (χ3v) is 5.03. The van der Waals surface area contributed by atoms with Crippen LogP contribution >= 0.6 is 0 Å². The maximum Gasteiger partial charge on any atom is 0.306 e. The Kier molecular flexibility index (Phi) is 7.23. The zero-order valence-corrected chi connectivity index (χ0v) is 17.7. The molecule has 0 bridgehead atoms. The average molecular weight is 406 g/mol. The van der Waals surface area contributed by atoms with E-state index < -0.39 is 0 Å². The lowest BCUT2D eigenvalue weighted by molar-refractivity contribution is -0.143. The predicted molar refractivity (Wildman–Crippen MR) is 117 cm³/mol. The summed E-state index contributed by atoms with van der Waals surface area (Å²) in [6.45, 7) is 6.65. The Morgan fingerprint density at radius 2 is 1.70 bits per heavy atom. The molecule has 0 radical (unpaired) electrons. The van der Waals surface area contributed by atoms with Gasteiger partial charge in [0.15, 0.2) is 0 Å². The Labute approximate surface area is 177 Å². The number of carbonyl (C=O) groups excluding carboxylic acids is 1. The van der Waals surface area contributed by atoms with E-state index in [2.05, 4.69) is 44.2 Å². The molecular weight excluding hydrogens is 379 g/mol. The standard InChI is InChI=1S/C26H27FO3/c1-4-29-25(28)14-12-21-11-13-23(16-24(21)27)30-17-20-9-6-10-22(15-20)26-18(2)7-5-8-19(26)3/h5-11,13,15-16H,4,12,14,17H2,1-3H3. The molecule has 0 saturated carbocycles. The number of hydrogen-bond donors (Lipinski definition) is 0. The SMILES string of the molecule is CCOC(=O)CCc1ccc(OCc2cccc(-c3c(C)cccc3C)c2)cc1F. The van der Waals surface area contributed by atoms with Crippen LogP contribution in [0.15, 0.2) is 60.7 Å². The van der Waals surface area contributed by atoms with Crippen LogP contribution in [0.25, 0.3) is 11.1 Å². The molecule has 0 unspecified atom stereocenters. The molecule has 0 aliphatic rings. The van der Waals surface area contributed by atoms with Gasteiger partial charge in [-0.05, 0) is 72.7 Å². The summed E-state index contributed by atoms with van der Waals surface area (Å²) in [4.78, 5) is 11.5. The van der Waals surface area contributed by atoms with Gasteiger partial charge in [-0.25, -0.2) is 4.39 Å². The van der Waals surface area contributed by atoms with Crippen molar-refractivity contribution < 1.29 is 18.7 Å². The van der Waals surface area contributed by atoms with E-state index in [1.807, 2.05) is 12.1 Å². The fourth-order valence-electron chi connectivity index (χ4n) is 3.54. The van der Waals surface area contributed by atoms with Crippen molar-refractivity contribution in [2.24, 2.45) is 0 Å². The molecule has 3 nitrogen and oxygen atoms in total. The number of benzene rings is 3. The Morgan fingerprint density at radius 1 is 0.967 bits per heavy atom. The number of halogens is 1. The summed E-state index contributed by atoms with van der Waals surface area (Å²) in [5.41, 5.74) is 6.33. The quantitative estimate of drug-likeness (QED) is 0.419. The van der Waals surface area contributed by atoms with Gasteiger partial charge in [0.05, 0.1) is 6.61 Å². The minimum Gasteiger partial charge on any atom is -0.489 e. The fourth-order valence-corrected chi connectivity index (χ4v) is 3.54. The Bertz CT molecular complexity index is 1010. The van der Waals surface area contributed by atoms with Crippen molar-refractivity contribution >= 4 is 5.97 Å². The topological polar surface area (TPSA) is 35.5 Å². The Morgan fingerprint density at radius 3 is 2.40 bits per heavy atom. The third-order valence-electron chi connectivity index (χ3n) is 5.03. The van der Waals surface area contributed by atoms with E-state index in [9.17, 15) is 9.18 Å². The van der Waals surface area contributed by atoms with Gasteiger partial charge >= 0.3 is 5.97 Å². The van der Waals surface area contributed by atoms with Gasteiger partial charge in [0, 0.05) is 12.5 Å². The van der Waals surface area contributed by atoms with Crippen molar-refractivity contribution in [3.05, 3.63) is 88.7 Å². The normalized spacial score (nSPS) is 10.7. The van der Waals surface area contributed by atoms with Crippen LogP contribution in [0.5, 0.6) is 5.75 Å². The minimum absolute atomic E-state index is 0.163. The molecule has 0 atom stereocenters. The fraction of sp³-hybridized carbons (Fsp3) is 0.269. The molecule has 3 aromatic carbocycles. The van der Waals surface area contributed by atoms with Crippen LogP contribution in [-0.2, 0) is 22.6 Å². The van der Waals surface area contributed by atoms with Crippen molar-refractivity contribution in [2.45, 2.75) is 40.2 Å². The lowest BCUT2D eigenvalue weighted by Gasteiger charge is -2.12. The van der Waals surface area contributed by atoms with Crippen molar-refractivity contribution in [3.63, 3.8) is 0 Å². The van der Waals surface area contributed by atoms with Crippen LogP contribution in [0.4, 0.5) is 4.39 Å². The summed E-state index contributed by atoms with van der Waals surface area (Å²) in [5, 5.41) is 0. The highest BCUT2D eigenvalue weighted by molar-refractivity contribution is 5.71. The molecule has 156 valence electrons. The van der Waals surface area contributed by atoms with E-state index in [0.717, 1.165) is 11.1 Å². The van der Waals surface area contributed by atoms with Crippen molar-refractivity contribution in [2.75, 3.05) is 6.61 Å². The summed E-state index contributed by atoms with van der Waals surface area (Å²) in [7, 11) is 0. The molecule has 0 fully saturated rings. The summed E-state index contributed by atoms with van der Waals surface area (Å²) < 4.78 is 25.1. The van der Waals surface area contributed by atoms with E-state index in [4.69, 9.17) is 9.47 Å². The van der Waals surface area contributed by atoms with E-state index in [1.54, 1.807) is 19.1 Å². The van der Waals surface area contributed by atoms with Crippen LogP contribution in [-0.4, -0.2) is 12.6 Å². The molecule has 0 saturated heterocycles. The number of aryl methyl sites for hydroxylation is 3. The molecule has 0 aromatic heterocycles. The van der Waals surface area contributed by atoms with E-state index >= 15 is 0 Å². The molecule has 4 heteroatoms. The molecule has 0 heterocycles. The highest BCUT2D eigenvalue weighted by atomic mass is 19.1. The first-order valence-electron chi connectivity index (χ1n) is 10.2. The maximum absolute atomic E-state index is 14.4. The maximum atomic E-state index is 14.4. The molecule has 30 heavy (non-hydrogen) atoms. The number of hydrogen-bond acceptors (Lipinski definition) is 3. The predicted octanol–water partition coefficient (Wildman–Crippen LogP) is 6.18. The molecule has 0 aliphatic heterocycles. The second-order valence-corrected chi connectivity index (χ2v) is 7.31. The second kappa shape index (κ2) is 10.1. The van der Waals surface area contributed by atoms with Crippen LogP contribution in [0.3, 0.4) is 0 Å². The average Bonchev–Trinajstić information content (AvgIpc) is 2.72. The van der Waals surface area contributed by atoms with Gasteiger partial charge in [0.1, 0.15) is 18.2 Å². The van der Waals surface area contributed by atoms with Crippen molar-refractivity contribution in [1.82, 2.24) is 0 Å². The molecule has 3 rings (SSSR count). The number of esters is 1. The van der Waals surface area contributed by atoms with Gasteiger partial charge in [-0.15, -0.1) is 0 Å². The van der Waals surface area contributed by atoms with Crippen LogP contribution in [0, 0.1) is 19.7 Å². The third kappa shape index (κ3) is 5.47. The van der Waals surface area contributed by atoms with Gasteiger partial charge in [0.25, 0.3) is 0 Å². The van der Waals surface area contributed by atoms with Crippen molar-refractivity contribution in [1.29, 1.82) is 0 Å². The monoisotopic (exact) mass is 406 g/mol. The molecule has 0 aliphatic carbocycles. The van der Waals surface area contributed by atoms with E-state index in [1.165, 1.54) is 22.8 Å². The lowest BCUT2D eigenvalue weighted by atomic mass is 9.95. The first-order valence-corrected chi connectivity index (χ1v) is 10.2. The smallest absolute Gasteiger partial charge is 0.306 e. The molecule has 0 amide bonds. The van der Waals surface area contributed by atoms with E-state index in [-0.39, 0.29) is 18.2 Å². The highest BCUT2D eigenvalue weighted by Gasteiger charge is 2.09. The van der Waals surface area contributed by atoms with Crippen LogP contribution in [0.1, 0.15) is 35.6 Å². The summed E-state index contributed by atoms with van der Waals surface area (Å²) in [6.07, 6.45) is 0.471. The van der Waals surface area contributed by atoms with Gasteiger partial charge in [-0.3, -0.25) is 4.79 Å². The van der Waals surface area contributed by atoms with Gasteiger partial charge in [-0.1, -0.05) is 42.5 Å². The zero-order valence-electron chi connectivity index (χ0n) is 17.7. The largest absolute Gasteiger partial charge is 0.489 e. The number of ether oxygens (including phenoxy) is 2. The van der Waals surface area contributed by atoms with Crippen LogP contribution in [0.2, 0.25) is 0 Å². The summed E-state index contributed by atoms with van der Waals surface area (Å²) in [6, 6.07) is 19.3. The second-order valence-electron chi connectivity index (χ2n) is 7.31.